The Hall–Kier alpha value is -1.14. The number of hydrogen-bond acceptors (Lipinski definition) is 4. The molecule has 0 saturated heterocycles. The first-order valence-corrected chi connectivity index (χ1v) is 6.40. The molecule has 0 aromatic heterocycles. The Morgan fingerprint density at radius 1 is 1.39 bits per heavy atom. The molecule has 1 saturated carbocycles. The topological polar surface area (TPSA) is 79.5 Å². The standard InChI is InChI=1S/C12H23N3O3/c1-9(12(17)14-5-6-18-2)15-11(16)8-13-7-10-3-4-10/h9-10,13H,3-8H2,1-2H3,(H,14,17)(H,15,16). The maximum atomic E-state index is 11.5. The van der Waals surface area contributed by atoms with E-state index in [1.165, 1.54) is 12.8 Å². The van der Waals surface area contributed by atoms with Gasteiger partial charge in [0.15, 0.2) is 0 Å². The Morgan fingerprint density at radius 2 is 2.11 bits per heavy atom. The molecule has 1 fully saturated rings. The van der Waals surface area contributed by atoms with Gasteiger partial charge in [-0.15, -0.1) is 0 Å². The second kappa shape index (κ2) is 8.05. The SMILES string of the molecule is COCCNC(=O)C(C)NC(=O)CNCC1CC1. The van der Waals surface area contributed by atoms with Crippen LogP contribution in [0.3, 0.4) is 0 Å². The summed E-state index contributed by atoms with van der Waals surface area (Å²) in [4.78, 5) is 23.1. The van der Waals surface area contributed by atoms with Gasteiger partial charge in [0.1, 0.15) is 6.04 Å². The van der Waals surface area contributed by atoms with Gasteiger partial charge in [0.2, 0.25) is 11.8 Å². The highest BCUT2D eigenvalue weighted by molar-refractivity contribution is 5.87. The van der Waals surface area contributed by atoms with Crippen LogP contribution < -0.4 is 16.0 Å². The minimum atomic E-state index is -0.517. The molecular weight excluding hydrogens is 234 g/mol. The van der Waals surface area contributed by atoms with Crippen LogP contribution in [-0.2, 0) is 14.3 Å². The monoisotopic (exact) mass is 257 g/mol. The van der Waals surface area contributed by atoms with E-state index in [2.05, 4.69) is 16.0 Å². The molecule has 0 radical (unpaired) electrons. The van der Waals surface area contributed by atoms with Crippen LogP contribution in [0.1, 0.15) is 19.8 Å². The summed E-state index contributed by atoms with van der Waals surface area (Å²) < 4.78 is 4.82. The molecule has 6 nitrogen and oxygen atoms in total. The van der Waals surface area contributed by atoms with Crippen LogP contribution in [0.25, 0.3) is 0 Å². The van der Waals surface area contributed by atoms with Gasteiger partial charge in [0.05, 0.1) is 13.2 Å². The summed E-state index contributed by atoms with van der Waals surface area (Å²) in [5.74, 6) is 0.403. The maximum absolute atomic E-state index is 11.5. The first kappa shape index (κ1) is 14.9. The van der Waals surface area contributed by atoms with Crippen LogP contribution in [0, 0.1) is 5.92 Å². The van der Waals surface area contributed by atoms with Crippen molar-refractivity contribution < 1.29 is 14.3 Å². The van der Waals surface area contributed by atoms with E-state index in [-0.39, 0.29) is 18.4 Å². The third kappa shape index (κ3) is 6.56. The van der Waals surface area contributed by atoms with E-state index in [1.54, 1.807) is 14.0 Å². The van der Waals surface area contributed by atoms with Gasteiger partial charge in [-0.3, -0.25) is 9.59 Å². The lowest BCUT2D eigenvalue weighted by Gasteiger charge is -2.14. The fraction of sp³-hybridized carbons (Fsp3) is 0.833. The van der Waals surface area contributed by atoms with Crippen LogP contribution in [0.15, 0.2) is 0 Å². The number of amides is 2. The largest absolute Gasteiger partial charge is 0.383 e. The van der Waals surface area contributed by atoms with Crippen LogP contribution in [0.4, 0.5) is 0 Å². The van der Waals surface area contributed by atoms with Crippen molar-refractivity contribution >= 4 is 11.8 Å². The van der Waals surface area contributed by atoms with Crippen LogP contribution in [0.5, 0.6) is 0 Å². The van der Waals surface area contributed by atoms with Crippen molar-refractivity contribution in [1.29, 1.82) is 0 Å². The molecular formula is C12H23N3O3. The highest BCUT2D eigenvalue weighted by Crippen LogP contribution is 2.27. The number of rotatable bonds is 9. The second-order valence-corrected chi connectivity index (χ2v) is 4.65. The molecule has 1 rings (SSSR count). The lowest BCUT2D eigenvalue weighted by molar-refractivity contribution is -0.128. The first-order valence-electron chi connectivity index (χ1n) is 6.40. The highest BCUT2D eigenvalue weighted by Gasteiger charge is 2.21. The van der Waals surface area contributed by atoms with E-state index in [0.717, 1.165) is 12.5 Å². The summed E-state index contributed by atoms with van der Waals surface area (Å²) in [6.07, 6.45) is 2.51. The molecule has 0 heterocycles. The van der Waals surface area contributed by atoms with Crippen molar-refractivity contribution in [3.63, 3.8) is 0 Å². The Bertz CT molecular complexity index is 280. The predicted molar refractivity (Wildman–Crippen MR) is 68.1 cm³/mol. The van der Waals surface area contributed by atoms with Crippen molar-refractivity contribution in [1.82, 2.24) is 16.0 Å². The molecule has 0 spiro atoms. The molecule has 0 aliphatic heterocycles. The van der Waals surface area contributed by atoms with Crippen molar-refractivity contribution in [3.05, 3.63) is 0 Å². The van der Waals surface area contributed by atoms with Gasteiger partial charge in [0.25, 0.3) is 0 Å². The zero-order valence-corrected chi connectivity index (χ0v) is 11.1. The number of hydrogen-bond donors (Lipinski definition) is 3. The Labute approximate surface area is 108 Å². The zero-order chi connectivity index (χ0) is 13.4. The summed E-state index contributed by atoms with van der Waals surface area (Å²) in [5.41, 5.74) is 0. The van der Waals surface area contributed by atoms with Gasteiger partial charge >= 0.3 is 0 Å². The minimum Gasteiger partial charge on any atom is -0.383 e. The molecule has 104 valence electrons. The predicted octanol–water partition coefficient (Wildman–Crippen LogP) is -0.747. The number of carbonyl (C=O) groups excluding carboxylic acids is 2. The highest BCUT2D eigenvalue weighted by atomic mass is 16.5. The molecule has 3 N–H and O–H groups in total. The van der Waals surface area contributed by atoms with Gasteiger partial charge in [0, 0.05) is 13.7 Å². The molecule has 0 aromatic rings. The van der Waals surface area contributed by atoms with E-state index >= 15 is 0 Å². The molecule has 6 heteroatoms. The third-order valence-electron chi connectivity index (χ3n) is 2.79. The molecule has 18 heavy (non-hydrogen) atoms. The maximum Gasteiger partial charge on any atom is 0.242 e. The second-order valence-electron chi connectivity index (χ2n) is 4.65. The summed E-state index contributed by atoms with van der Waals surface area (Å²) in [6, 6.07) is -0.517. The average Bonchev–Trinajstić information content (AvgIpc) is 3.13. The van der Waals surface area contributed by atoms with Crippen molar-refractivity contribution in [2.45, 2.75) is 25.8 Å². The fourth-order valence-corrected chi connectivity index (χ4v) is 1.50. The summed E-state index contributed by atoms with van der Waals surface area (Å²) in [7, 11) is 1.57. The van der Waals surface area contributed by atoms with Crippen LogP contribution in [-0.4, -0.2) is 51.2 Å². The van der Waals surface area contributed by atoms with E-state index in [1.807, 2.05) is 0 Å². The van der Waals surface area contributed by atoms with Crippen molar-refractivity contribution in [3.8, 4) is 0 Å². The van der Waals surface area contributed by atoms with Crippen LogP contribution >= 0.6 is 0 Å². The lowest BCUT2D eigenvalue weighted by atomic mass is 10.3. The van der Waals surface area contributed by atoms with Gasteiger partial charge in [-0.2, -0.15) is 0 Å². The molecule has 0 aromatic carbocycles. The Morgan fingerprint density at radius 3 is 2.72 bits per heavy atom. The van der Waals surface area contributed by atoms with Crippen molar-refractivity contribution in [2.24, 2.45) is 5.92 Å². The molecule has 1 atom stereocenters. The summed E-state index contributed by atoms with van der Waals surface area (Å²) in [6.45, 7) is 3.75. The van der Waals surface area contributed by atoms with E-state index < -0.39 is 6.04 Å². The average molecular weight is 257 g/mol. The summed E-state index contributed by atoms with van der Waals surface area (Å²) in [5, 5.41) is 8.40. The van der Waals surface area contributed by atoms with Gasteiger partial charge in [-0.05, 0) is 32.2 Å². The molecule has 2 amide bonds. The number of carbonyl (C=O) groups is 2. The minimum absolute atomic E-state index is 0.148. The summed E-state index contributed by atoms with van der Waals surface area (Å²) >= 11 is 0. The van der Waals surface area contributed by atoms with Gasteiger partial charge < -0.3 is 20.7 Å². The van der Waals surface area contributed by atoms with E-state index in [9.17, 15) is 9.59 Å². The molecule has 1 aliphatic carbocycles. The number of nitrogens with one attached hydrogen (secondary N) is 3. The quantitative estimate of drug-likeness (QED) is 0.475. The van der Waals surface area contributed by atoms with Gasteiger partial charge in [-0.25, -0.2) is 0 Å². The van der Waals surface area contributed by atoms with E-state index in [0.29, 0.717) is 13.2 Å². The number of methoxy groups -OCH3 is 1. The smallest absolute Gasteiger partial charge is 0.242 e. The zero-order valence-electron chi connectivity index (χ0n) is 11.1. The number of ether oxygens (including phenoxy) is 1. The van der Waals surface area contributed by atoms with E-state index in [4.69, 9.17) is 4.74 Å². The third-order valence-corrected chi connectivity index (χ3v) is 2.79. The molecule has 1 aliphatic rings. The normalized spacial score (nSPS) is 16.1. The van der Waals surface area contributed by atoms with Gasteiger partial charge in [-0.1, -0.05) is 0 Å². The lowest BCUT2D eigenvalue weighted by Crippen LogP contribution is -2.48. The van der Waals surface area contributed by atoms with Crippen molar-refractivity contribution in [2.75, 3.05) is 33.4 Å². The Kier molecular flexibility index (Phi) is 6.67. The van der Waals surface area contributed by atoms with Crippen LogP contribution in [0.2, 0.25) is 0 Å². The molecule has 0 bridgehead atoms. The fourth-order valence-electron chi connectivity index (χ4n) is 1.50. The Balaban J connectivity index is 2.06. The first-order chi connectivity index (χ1) is 8.63. The molecule has 1 unspecified atom stereocenters.